The summed E-state index contributed by atoms with van der Waals surface area (Å²) in [6.45, 7) is 0. The monoisotopic (exact) mass is 540 g/mol. The van der Waals surface area contributed by atoms with Crippen molar-refractivity contribution in [3.05, 3.63) is 0 Å². The molecule has 0 aliphatic heterocycles. The van der Waals surface area contributed by atoms with Crippen LogP contribution in [0.2, 0.25) is 0 Å². The van der Waals surface area contributed by atoms with Crippen LogP contribution in [0.1, 0.15) is 6.42 Å². The Morgan fingerprint density at radius 2 is 0.519 bits per heavy atom. The first kappa shape index (κ1) is 60.2. The Kier molecular flexibility index (Phi) is 55.6. The van der Waals surface area contributed by atoms with Crippen molar-refractivity contribution >= 4 is 30.4 Å². The van der Waals surface area contributed by atoms with Gasteiger partial charge in [-0.3, -0.25) is 0 Å². The molecule has 0 aliphatic rings. The Morgan fingerprint density at radius 3 is 0.593 bits per heavy atom. The summed E-state index contributed by atoms with van der Waals surface area (Å²) >= 11 is 0. The van der Waals surface area contributed by atoms with Crippen LogP contribution in [0, 0.1) is 0 Å². The Labute approximate surface area is 333 Å². The van der Waals surface area contributed by atoms with Crippen LogP contribution < -0.4 is 276 Å². The molecule has 12 nitrogen and oxygen atoms in total. The summed E-state index contributed by atoms with van der Waals surface area (Å²) in [6, 6.07) is 0. The van der Waals surface area contributed by atoms with Gasteiger partial charge in [-0.1, -0.05) is 30.4 Å². The largest absolute Gasteiger partial charge is 1.00 e. The fourth-order valence-electron chi connectivity index (χ4n) is 1.05. The van der Waals surface area contributed by atoms with Gasteiger partial charge in [0.2, 0.25) is 0 Å². The van der Waals surface area contributed by atoms with Gasteiger partial charge in [-0.25, -0.2) is 0 Å². The van der Waals surface area contributed by atoms with Gasteiger partial charge >= 0.3 is 236 Å². The Hall–Kier alpha value is 8.60. The smallest absolute Gasteiger partial charge is 0.810 e. The average molecular weight is 540 g/mol. The molecule has 116 valence electrons. The van der Waals surface area contributed by atoms with Crippen LogP contribution in [0.25, 0.3) is 0 Å². The Bertz CT molecular complexity index is 433. The van der Waals surface area contributed by atoms with Crippen LogP contribution in [0.4, 0.5) is 0 Å². The summed E-state index contributed by atoms with van der Waals surface area (Å²) in [4.78, 5) is 83.8. The molecule has 0 aromatic heterocycles. The molecule has 0 spiro atoms. The van der Waals surface area contributed by atoms with Gasteiger partial charge in [0.15, 0.2) is 0 Å². The molecule has 24 heteroatoms. The van der Waals surface area contributed by atoms with E-state index in [4.69, 9.17) is 0 Å². The molecule has 0 saturated carbocycles. The van der Waals surface area contributed by atoms with E-state index in [1.54, 1.807) is 0 Å². The van der Waals surface area contributed by atoms with E-state index in [1.807, 2.05) is 0 Å². The summed E-state index contributed by atoms with van der Waals surface area (Å²) in [7, 11) is -25.1. The zero-order chi connectivity index (χ0) is 15.9. The van der Waals surface area contributed by atoms with Crippen molar-refractivity contribution in [1.29, 1.82) is 0 Å². The van der Waals surface area contributed by atoms with E-state index in [9.17, 15) is 57.4 Å². The van der Waals surface area contributed by atoms with E-state index in [2.05, 4.69) is 0 Å². The second kappa shape index (κ2) is 24.9. The van der Waals surface area contributed by atoms with E-state index < -0.39 is 47.6 Å². The minimum absolute atomic E-state index is 0. The summed E-state index contributed by atoms with van der Waals surface area (Å²) in [5, 5.41) is -7.03. The van der Waals surface area contributed by atoms with Gasteiger partial charge in [-0.2, -0.15) is 0 Å². The summed E-state index contributed by atoms with van der Waals surface area (Å²) in [5.41, 5.74) is 0. The zero-order valence-corrected chi connectivity index (χ0v) is 36.1. The van der Waals surface area contributed by atoms with E-state index in [0.29, 0.717) is 0 Å². The maximum atomic E-state index is 10.5. The quantitative estimate of drug-likeness (QED) is 0.225. The normalized spacial score (nSPS) is 10.7. The van der Waals surface area contributed by atoms with Gasteiger partial charge in [0, 0.05) is 10.8 Å². The van der Waals surface area contributed by atoms with Crippen LogP contribution in [-0.2, 0) is 18.3 Å². The van der Waals surface area contributed by atoms with Crippen molar-refractivity contribution < 1.29 is 294 Å². The summed E-state index contributed by atoms with van der Waals surface area (Å²) in [5.74, 6) is 0. The van der Waals surface area contributed by atoms with Crippen molar-refractivity contribution in [3.63, 3.8) is 0 Å². The maximum Gasteiger partial charge on any atom is 1.00 e. The predicted octanol–water partition coefficient (Wildman–Crippen LogP) is -30.3. The molecule has 0 aromatic carbocycles. The third-order valence-electron chi connectivity index (χ3n) is 1.88. The van der Waals surface area contributed by atoms with Crippen LogP contribution >= 0.6 is 30.4 Å². The minimum atomic E-state index is -6.28. The molecule has 0 heterocycles. The van der Waals surface area contributed by atoms with Crippen molar-refractivity contribution in [2.24, 2.45) is 0 Å². The molecule has 0 atom stereocenters. The van der Waals surface area contributed by atoms with Gasteiger partial charge in [-0.05, 0) is 6.42 Å². The van der Waals surface area contributed by atoms with E-state index in [-0.39, 0.29) is 236 Å². The van der Waals surface area contributed by atoms with Crippen LogP contribution in [0.3, 0.4) is 0 Å². The SMILES string of the molecule is O=P([O-])([O-])C(CC(P(=O)([O-])[O-])P(=O)([O-])[O-])P(=O)([O-])[O-].[Na+].[Na+].[Na+].[Na+].[Na+].[Na+].[Na+].[Na+]. The van der Waals surface area contributed by atoms with Crippen LogP contribution in [-0.4, -0.2) is 10.8 Å². The summed E-state index contributed by atoms with van der Waals surface area (Å²) < 4.78 is 41.9. The molecular formula is C3H4Na8O12P4. The zero-order valence-electron chi connectivity index (χ0n) is 16.5. The third kappa shape index (κ3) is 27.5. The van der Waals surface area contributed by atoms with Crippen LogP contribution in [0.15, 0.2) is 0 Å². The van der Waals surface area contributed by atoms with Gasteiger partial charge < -0.3 is 57.4 Å². The molecule has 0 rings (SSSR count). The van der Waals surface area contributed by atoms with Gasteiger partial charge in [0.25, 0.3) is 0 Å². The first-order valence-electron chi connectivity index (χ1n) is 4.04. The first-order chi connectivity index (χ1) is 7.97. The van der Waals surface area contributed by atoms with Gasteiger partial charge in [-0.15, -0.1) is 0 Å². The molecule has 0 fully saturated rings. The Balaban J connectivity index is -0.0000000579. The summed E-state index contributed by atoms with van der Waals surface area (Å²) in [6.07, 6.45) is -2.23. The number of rotatable bonds is 6. The molecule has 0 aliphatic carbocycles. The van der Waals surface area contributed by atoms with Gasteiger partial charge in [0.05, 0.1) is 0 Å². The van der Waals surface area contributed by atoms with Gasteiger partial charge in [0.1, 0.15) is 0 Å². The second-order valence-corrected chi connectivity index (χ2v) is 11.0. The topological polar surface area (TPSA) is 253 Å². The molecule has 0 amide bonds. The van der Waals surface area contributed by atoms with E-state index in [1.165, 1.54) is 0 Å². The predicted molar refractivity (Wildman–Crippen MR) is 42.6 cm³/mol. The van der Waals surface area contributed by atoms with Crippen molar-refractivity contribution in [3.8, 4) is 0 Å². The van der Waals surface area contributed by atoms with Crippen molar-refractivity contribution in [2.45, 2.75) is 17.2 Å². The Morgan fingerprint density at radius 1 is 0.407 bits per heavy atom. The van der Waals surface area contributed by atoms with Crippen LogP contribution in [0.5, 0.6) is 0 Å². The molecular weight excluding hydrogens is 536 g/mol. The molecule has 0 N–H and O–H groups in total. The van der Waals surface area contributed by atoms with E-state index >= 15 is 0 Å². The molecule has 0 bridgehead atoms. The molecule has 0 aromatic rings. The standard InChI is InChI=1S/C3H12O12P4.8Na/c4-16(5,6)2(17(7,8)9)1-3(18(10,11)12)19(13,14)15;;;;;;;;/h2-3H,1H2,(H2,4,5,6)(H2,7,8,9)(H2,10,11,12)(H2,13,14,15);;;;;;;;/q;8*+1/p-8. The fourth-order valence-corrected chi connectivity index (χ4v) is 6.36. The second-order valence-electron chi connectivity index (χ2n) is 3.36. The van der Waals surface area contributed by atoms with Crippen molar-refractivity contribution in [1.82, 2.24) is 0 Å². The minimum Gasteiger partial charge on any atom is -0.810 e. The maximum absolute atomic E-state index is 10.5. The van der Waals surface area contributed by atoms with E-state index in [0.717, 1.165) is 0 Å². The third-order valence-corrected chi connectivity index (χ3v) is 9.04. The molecule has 0 unspecified atom stereocenters. The first-order valence-corrected chi connectivity index (χ1v) is 10.5. The van der Waals surface area contributed by atoms with Crippen molar-refractivity contribution in [2.75, 3.05) is 0 Å². The molecule has 27 heavy (non-hydrogen) atoms. The fraction of sp³-hybridized carbons (Fsp3) is 1.00. The number of hydrogen-bond donors (Lipinski definition) is 0. The average Bonchev–Trinajstić information content (AvgIpc) is 1.91. The molecule has 0 saturated heterocycles. The number of hydrogen-bond acceptors (Lipinski definition) is 12. The molecule has 0 radical (unpaired) electrons.